The summed E-state index contributed by atoms with van der Waals surface area (Å²) in [4.78, 5) is 0. The van der Waals surface area contributed by atoms with Gasteiger partial charge < -0.3 is 0 Å². The molecule has 0 fully saturated rings. The Morgan fingerprint density at radius 1 is 1.00 bits per heavy atom. The molecule has 0 aromatic rings. The molecule has 0 amide bonds. The summed E-state index contributed by atoms with van der Waals surface area (Å²) >= 11 is 0.226. The molecule has 0 aliphatic heterocycles. The molecular weight excluding hydrogens is 262 g/mol. The van der Waals surface area contributed by atoms with Gasteiger partial charge in [-0.2, -0.15) is 8.78 Å². The summed E-state index contributed by atoms with van der Waals surface area (Å²) in [5, 5.41) is 0. The minimum Gasteiger partial charge on any atom is -0.217 e. The largest absolute Gasteiger partial charge is 0.527 e. The molecule has 1 nitrogen and oxygen atoms in total. The van der Waals surface area contributed by atoms with E-state index in [9.17, 15) is 22.0 Å². The summed E-state index contributed by atoms with van der Waals surface area (Å²) in [6.07, 6.45) is -5.27. The second kappa shape index (κ2) is 2.52. The minimum atomic E-state index is -5.27. The first kappa shape index (κ1) is 9.34. The van der Waals surface area contributed by atoms with Gasteiger partial charge >= 0.3 is 10.5 Å². The van der Waals surface area contributed by atoms with E-state index >= 15 is 0 Å². The predicted octanol–water partition coefficient (Wildman–Crippen LogP) is 2.51. The van der Waals surface area contributed by atoms with Crippen molar-refractivity contribution in [2.24, 2.45) is 0 Å². The highest BCUT2D eigenvalue weighted by atomic mass is 127. The molecule has 0 aliphatic rings. The van der Waals surface area contributed by atoms with Crippen molar-refractivity contribution >= 4 is 22.6 Å². The number of alkyl halides is 6. The average molecular weight is 262 g/mol. The molecule has 7 heteroatoms. The Morgan fingerprint density at radius 3 is 1.33 bits per heavy atom. The fourth-order valence-corrected chi connectivity index (χ4v) is 0.381. The molecular formula is C2F5IO. The van der Waals surface area contributed by atoms with Crippen LogP contribution in [0.3, 0.4) is 0 Å². The van der Waals surface area contributed by atoms with Crippen molar-refractivity contribution in [3.8, 4) is 0 Å². The molecule has 0 saturated heterocycles. The Labute approximate surface area is 60.3 Å². The van der Waals surface area contributed by atoms with E-state index in [1.165, 1.54) is 0 Å². The third-order valence-electron chi connectivity index (χ3n) is 0.231. The zero-order valence-electron chi connectivity index (χ0n) is 3.68. The molecule has 0 atom stereocenters. The highest BCUT2D eigenvalue weighted by Gasteiger charge is 2.42. The molecule has 0 saturated carbocycles. The standard InChI is InChI=1S/C2F5IO/c3-1(4,5)9-2(6,7)8. The van der Waals surface area contributed by atoms with E-state index in [-0.39, 0.29) is 22.6 Å². The summed E-state index contributed by atoms with van der Waals surface area (Å²) in [6, 6.07) is 0. The van der Waals surface area contributed by atoms with Crippen LogP contribution in [0.2, 0.25) is 0 Å². The third-order valence-corrected chi connectivity index (χ3v) is 0.452. The van der Waals surface area contributed by atoms with Gasteiger partial charge in [0, 0.05) is 22.6 Å². The van der Waals surface area contributed by atoms with Crippen LogP contribution in [0.25, 0.3) is 0 Å². The van der Waals surface area contributed by atoms with Gasteiger partial charge in [-0.15, -0.1) is 13.2 Å². The Morgan fingerprint density at radius 2 is 1.33 bits per heavy atom. The maximum absolute atomic E-state index is 11.3. The highest BCUT2D eigenvalue weighted by molar-refractivity contribution is 14.1. The lowest BCUT2D eigenvalue weighted by Crippen LogP contribution is -2.23. The number of ether oxygens (including phenoxy) is 1. The van der Waals surface area contributed by atoms with E-state index in [4.69, 9.17) is 0 Å². The fourth-order valence-electron chi connectivity index (χ4n) is 0.131. The molecule has 9 heavy (non-hydrogen) atoms. The van der Waals surface area contributed by atoms with Crippen LogP contribution in [0.5, 0.6) is 0 Å². The second-order valence-electron chi connectivity index (χ2n) is 0.994. The molecule has 0 aromatic heterocycles. The number of rotatable bonds is 1. The summed E-state index contributed by atoms with van der Waals surface area (Å²) in [6.45, 7) is 0. The van der Waals surface area contributed by atoms with E-state index in [1.807, 2.05) is 0 Å². The van der Waals surface area contributed by atoms with E-state index < -0.39 is 10.5 Å². The van der Waals surface area contributed by atoms with E-state index in [0.717, 1.165) is 0 Å². The number of halogens is 6. The van der Waals surface area contributed by atoms with Crippen LogP contribution in [-0.2, 0) is 4.74 Å². The van der Waals surface area contributed by atoms with Crippen molar-refractivity contribution in [1.29, 1.82) is 0 Å². The van der Waals surface area contributed by atoms with Crippen LogP contribution < -0.4 is 0 Å². The molecule has 0 unspecified atom stereocenters. The molecule has 56 valence electrons. The lowest BCUT2D eigenvalue weighted by molar-refractivity contribution is -0.388. The van der Waals surface area contributed by atoms with Gasteiger partial charge in [0.05, 0.1) is 0 Å². The Kier molecular flexibility index (Phi) is 2.62. The van der Waals surface area contributed by atoms with Gasteiger partial charge in [-0.1, -0.05) is 0 Å². The van der Waals surface area contributed by atoms with Crippen LogP contribution in [-0.4, -0.2) is 10.5 Å². The van der Waals surface area contributed by atoms with Gasteiger partial charge in [0.1, 0.15) is 0 Å². The van der Waals surface area contributed by atoms with Gasteiger partial charge in [-0.05, 0) is 0 Å². The summed E-state index contributed by atoms with van der Waals surface area (Å²) in [5.41, 5.74) is 0. The summed E-state index contributed by atoms with van der Waals surface area (Å²) < 4.78 is 53.2. The van der Waals surface area contributed by atoms with Crippen molar-refractivity contribution in [1.82, 2.24) is 0 Å². The quantitative estimate of drug-likeness (QED) is 0.400. The van der Waals surface area contributed by atoms with Crippen molar-refractivity contribution in [2.45, 2.75) is 10.5 Å². The van der Waals surface area contributed by atoms with Gasteiger partial charge in [0.2, 0.25) is 0 Å². The third kappa shape index (κ3) is 8.34. The topological polar surface area (TPSA) is 9.23 Å². The molecule has 0 spiro atoms. The van der Waals surface area contributed by atoms with Crippen molar-refractivity contribution in [3.05, 3.63) is 0 Å². The first-order chi connectivity index (χ1) is 3.71. The van der Waals surface area contributed by atoms with Crippen LogP contribution in [0.15, 0.2) is 0 Å². The average Bonchev–Trinajstić information content (AvgIpc) is 1.14. The molecule has 0 aliphatic carbocycles. The molecule has 0 bridgehead atoms. The van der Waals surface area contributed by atoms with Gasteiger partial charge in [0.25, 0.3) is 0 Å². The number of hydrogen-bond acceptors (Lipinski definition) is 1. The summed E-state index contributed by atoms with van der Waals surface area (Å²) in [7, 11) is 0. The van der Waals surface area contributed by atoms with Crippen LogP contribution in [0.1, 0.15) is 0 Å². The zero-order valence-corrected chi connectivity index (χ0v) is 5.83. The van der Waals surface area contributed by atoms with E-state index in [0.29, 0.717) is 0 Å². The predicted molar refractivity (Wildman–Crippen MR) is 26.1 cm³/mol. The van der Waals surface area contributed by atoms with Crippen LogP contribution in [0.4, 0.5) is 22.0 Å². The van der Waals surface area contributed by atoms with Crippen molar-refractivity contribution in [2.75, 3.05) is 0 Å². The maximum atomic E-state index is 11.3. The van der Waals surface area contributed by atoms with Crippen LogP contribution >= 0.6 is 22.6 Å². The monoisotopic (exact) mass is 262 g/mol. The lowest BCUT2D eigenvalue weighted by atomic mass is 11.3. The smallest absolute Gasteiger partial charge is 0.217 e. The Bertz CT molecular complexity index is 80.1. The molecule has 0 aromatic carbocycles. The zero-order chi connectivity index (χ0) is 7.71. The molecule has 0 radical (unpaired) electrons. The van der Waals surface area contributed by atoms with Gasteiger partial charge in [0.15, 0.2) is 0 Å². The van der Waals surface area contributed by atoms with Gasteiger partial charge in [-0.3, -0.25) is 0 Å². The molecule has 0 rings (SSSR count). The van der Waals surface area contributed by atoms with Crippen molar-refractivity contribution < 1.29 is 26.7 Å². The van der Waals surface area contributed by atoms with Crippen LogP contribution in [0, 0.1) is 0 Å². The maximum Gasteiger partial charge on any atom is 0.527 e. The van der Waals surface area contributed by atoms with Gasteiger partial charge in [-0.25, -0.2) is 4.74 Å². The Balaban J connectivity index is 3.75. The van der Waals surface area contributed by atoms with Crippen molar-refractivity contribution in [3.63, 3.8) is 0 Å². The summed E-state index contributed by atoms with van der Waals surface area (Å²) in [5.74, 6) is 0. The van der Waals surface area contributed by atoms with E-state index in [2.05, 4.69) is 4.74 Å². The lowest BCUT2D eigenvalue weighted by Gasteiger charge is -2.10. The SMILES string of the molecule is FC(F)(F)OC(F)(F)I. The molecule has 0 heterocycles. The number of hydrogen-bond donors (Lipinski definition) is 0. The highest BCUT2D eigenvalue weighted by Crippen LogP contribution is 2.32. The first-order valence-corrected chi connectivity index (χ1v) is 2.62. The normalized spacial score (nSPS) is 14.0. The molecule has 0 N–H and O–H groups in total. The van der Waals surface area contributed by atoms with E-state index in [1.54, 1.807) is 0 Å². The minimum absolute atomic E-state index is 0.226. The Hall–Kier alpha value is 0.340. The first-order valence-electron chi connectivity index (χ1n) is 1.54. The second-order valence-corrected chi connectivity index (χ2v) is 2.25. The fraction of sp³-hybridized carbons (Fsp3) is 1.00.